The number of alkyl halides is 1. The normalized spacial score (nSPS) is 11.9. The monoisotopic (exact) mass is 1140 g/mol. The van der Waals surface area contributed by atoms with Gasteiger partial charge in [-0.2, -0.15) is 10.2 Å². The van der Waals surface area contributed by atoms with E-state index in [2.05, 4.69) is 43.2 Å². The third-order valence-electron chi connectivity index (χ3n) is 14.4. The summed E-state index contributed by atoms with van der Waals surface area (Å²) in [6, 6.07) is 55.9. The molecule has 2 aliphatic rings. The molecule has 2 aromatic heterocycles. The van der Waals surface area contributed by atoms with Crippen LogP contribution in [0.4, 0.5) is 37.6 Å². The molecule has 0 unspecified atom stereocenters. The fourth-order valence-electron chi connectivity index (χ4n) is 9.92. The van der Waals surface area contributed by atoms with E-state index in [0.717, 1.165) is 62.9 Å². The summed E-state index contributed by atoms with van der Waals surface area (Å²) in [6.45, 7) is 1.14. The molecule has 3 amide bonds. The molecule has 4 N–H and O–H groups in total. The molecule has 0 atom stereocenters. The zero-order valence-corrected chi connectivity index (χ0v) is 47.2. The molecule has 0 fully saturated rings. The number of aromatic nitrogens is 4. The molecule has 0 spiro atoms. The maximum Gasteiger partial charge on any atom is 0.419 e. The van der Waals surface area contributed by atoms with Crippen LogP contribution < -0.4 is 41.2 Å². The molecule has 430 valence electrons. The van der Waals surface area contributed by atoms with Crippen LogP contribution in [0.2, 0.25) is 0 Å². The topological polar surface area (TPSA) is 212 Å². The minimum atomic E-state index is -1.00. The summed E-state index contributed by atoms with van der Waals surface area (Å²) in [5.41, 5.74) is 12.7. The van der Waals surface area contributed by atoms with E-state index in [1.54, 1.807) is 65.6 Å². The summed E-state index contributed by atoms with van der Waals surface area (Å²) in [4.78, 5) is 77.9. The maximum absolute atomic E-state index is 13.1. The number of anilines is 5. The van der Waals surface area contributed by atoms with Crippen LogP contribution in [-0.2, 0) is 35.4 Å². The Morgan fingerprint density at radius 1 is 0.600 bits per heavy atom. The molecule has 1 aliphatic heterocycles. The fraction of sp³-hybridized carbons (Fsp3) is 0.164. The Bertz CT molecular complexity index is 4160. The fourth-order valence-corrected chi connectivity index (χ4v) is 9.92. The van der Waals surface area contributed by atoms with Crippen LogP contribution in [0.1, 0.15) is 50.8 Å². The Morgan fingerprint density at radius 2 is 1.07 bits per heavy atom. The number of ether oxygens (including phenoxy) is 2. The molecule has 0 saturated carbocycles. The van der Waals surface area contributed by atoms with Crippen LogP contribution in [-0.4, -0.2) is 86.7 Å². The molecule has 1 aliphatic carbocycles. The van der Waals surface area contributed by atoms with E-state index in [-0.39, 0.29) is 29.5 Å². The quantitative estimate of drug-likeness (QED) is 0.0842. The lowest BCUT2D eigenvalue weighted by atomic mass is 10.0. The van der Waals surface area contributed by atoms with E-state index >= 15 is 0 Å². The molecular weight excluding hydrogens is 1080 g/mol. The summed E-state index contributed by atoms with van der Waals surface area (Å²) in [5.74, 6) is 0.0945. The smallest absolute Gasteiger partial charge is 0.419 e. The van der Waals surface area contributed by atoms with E-state index in [1.807, 2.05) is 147 Å². The predicted octanol–water partition coefficient (Wildman–Crippen LogP) is 11.8. The van der Waals surface area contributed by atoms with Gasteiger partial charge in [-0.1, -0.05) is 72.8 Å². The number of aromatic amines is 2. The SMILES string of the molecule is CN(C)c1ccc(C(=O)Nc2ccc3c(c2)CCC3)cc1.CN(C)c1ccc(C(=O)Nc2ccc3c(c2)N(C(=O)Oc2ccc(-c4n[nH]c(=O)c5ccccc45)cc2)CC3)cc1.O=COCc1ccc(-c2n[nH]c(=O)c3ccccc23)cc1.[2H]CF. The average Bonchev–Trinajstić information content (AvgIpc) is 2.59. The summed E-state index contributed by atoms with van der Waals surface area (Å²) in [7, 11) is 6.86. The van der Waals surface area contributed by atoms with Gasteiger partial charge in [-0.05, 0) is 157 Å². The minimum absolute atomic E-state index is 0.0572. The number of benzene rings is 8. The number of nitrogens with one attached hydrogen (secondary N) is 4. The third kappa shape index (κ3) is 14.1. The molecule has 0 radical (unpaired) electrons. The molecular formula is C67H62FN9O8. The van der Waals surface area contributed by atoms with Gasteiger partial charge >= 0.3 is 6.09 Å². The molecule has 8 aromatic carbocycles. The predicted molar refractivity (Wildman–Crippen MR) is 333 cm³/mol. The van der Waals surface area contributed by atoms with Gasteiger partial charge < -0.3 is 29.9 Å². The van der Waals surface area contributed by atoms with Crippen molar-refractivity contribution < 1.29 is 34.4 Å². The second-order valence-electron chi connectivity index (χ2n) is 20.3. The summed E-state index contributed by atoms with van der Waals surface area (Å²) in [5, 5.41) is 22.0. The number of nitrogens with zero attached hydrogens (tertiary/aromatic N) is 5. The first-order valence-corrected chi connectivity index (χ1v) is 27.2. The van der Waals surface area contributed by atoms with Crippen molar-refractivity contribution in [3.8, 4) is 28.3 Å². The maximum atomic E-state index is 13.1. The van der Waals surface area contributed by atoms with Crippen molar-refractivity contribution in [1.29, 1.82) is 0 Å². The highest BCUT2D eigenvalue weighted by Gasteiger charge is 2.27. The number of carbonyl (C=O) groups is 4. The van der Waals surface area contributed by atoms with E-state index in [0.29, 0.717) is 69.8 Å². The molecule has 0 bridgehead atoms. The molecule has 18 heteroatoms. The Kier molecular flexibility index (Phi) is 18.5. The van der Waals surface area contributed by atoms with Crippen molar-refractivity contribution in [3.63, 3.8) is 0 Å². The van der Waals surface area contributed by atoms with E-state index < -0.39 is 13.2 Å². The standard InChI is InChI=1S/C32H27N5O4.C18H20N2O.C16H12N2O3.CH3F/c1-36(2)24-13-8-22(9-14-24)30(38)33-23-12-7-20-17-18-37(28(20)19-23)32(40)41-25-15-10-21(11-16-25)29-26-5-3-4-6-27(26)31(39)35-34-29;1-20(2)17-10-7-14(8-11-17)18(21)19-16-9-6-13-4-3-5-15(13)12-16;19-10-21-9-11-5-7-12(8-6-11)15-13-3-1-2-4-14(13)16(20)18-17-15;1-2/h3-16,19H,17-18H2,1-2H3,(H,33,38)(H,35,39);6-12H,3-5H2,1-2H3,(H,19,21);1-8,10H,9H2,(H,18,20);1H3/i;;;1D. The van der Waals surface area contributed by atoms with Gasteiger partial charge in [-0.15, -0.1) is 0 Å². The number of hydrogen-bond acceptors (Lipinski definition) is 12. The average molecular weight is 1140 g/mol. The molecule has 3 heterocycles. The second kappa shape index (κ2) is 27.3. The Balaban J connectivity index is 0.000000165. The zero-order valence-electron chi connectivity index (χ0n) is 48.2. The van der Waals surface area contributed by atoms with Gasteiger partial charge in [0.1, 0.15) is 12.4 Å². The van der Waals surface area contributed by atoms with Crippen molar-refractivity contribution in [2.24, 2.45) is 0 Å². The van der Waals surface area contributed by atoms with Crippen LogP contribution >= 0.6 is 0 Å². The number of halogens is 1. The highest BCUT2D eigenvalue weighted by molar-refractivity contribution is 6.06. The summed E-state index contributed by atoms with van der Waals surface area (Å²) >= 11 is 0. The lowest BCUT2D eigenvalue weighted by Crippen LogP contribution is -2.31. The van der Waals surface area contributed by atoms with Crippen LogP contribution in [0.5, 0.6) is 5.75 Å². The molecule has 12 rings (SSSR count). The van der Waals surface area contributed by atoms with Crippen molar-refractivity contribution in [2.45, 2.75) is 32.3 Å². The molecule has 17 nitrogen and oxygen atoms in total. The molecule has 85 heavy (non-hydrogen) atoms. The van der Waals surface area contributed by atoms with E-state index in [1.165, 1.54) is 17.5 Å². The first-order chi connectivity index (χ1) is 41.7. The number of amides is 3. The molecule has 10 aromatic rings. The second-order valence-corrected chi connectivity index (χ2v) is 20.3. The zero-order chi connectivity index (χ0) is 60.7. The number of carbonyl (C=O) groups excluding carboxylic acids is 4. The van der Waals surface area contributed by atoms with Gasteiger partial charge in [0.05, 0.1) is 36.4 Å². The number of hydrogen-bond donors (Lipinski definition) is 4. The summed E-state index contributed by atoms with van der Waals surface area (Å²) < 4.78 is 25.9. The van der Waals surface area contributed by atoms with Gasteiger partial charge in [-0.25, -0.2) is 15.0 Å². The number of rotatable bonds is 12. The Morgan fingerprint density at radius 3 is 1.58 bits per heavy atom. The lowest BCUT2D eigenvalue weighted by molar-refractivity contribution is -0.129. The van der Waals surface area contributed by atoms with Crippen LogP contribution in [0.15, 0.2) is 192 Å². The number of aryl methyl sites for hydroxylation is 2. The number of H-pyrrole nitrogens is 2. The van der Waals surface area contributed by atoms with Crippen LogP contribution in [0.3, 0.4) is 0 Å². The van der Waals surface area contributed by atoms with Crippen molar-refractivity contribution in [2.75, 3.05) is 67.2 Å². The van der Waals surface area contributed by atoms with Gasteiger partial charge in [-0.3, -0.25) is 33.3 Å². The van der Waals surface area contributed by atoms with Gasteiger partial charge in [0.25, 0.3) is 29.4 Å². The highest BCUT2D eigenvalue weighted by atomic mass is 19.1. The minimum Gasteiger partial charge on any atom is -0.463 e. The third-order valence-corrected chi connectivity index (χ3v) is 14.4. The largest absolute Gasteiger partial charge is 0.463 e. The van der Waals surface area contributed by atoms with E-state index in [4.69, 9.17) is 10.8 Å². The lowest BCUT2D eigenvalue weighted by Gasteiger charge is -2.18. The van der Waals surface area contributed by atoms with Crippen molar-refractivity contribution >= 4 is 74.4 Å². The Labute approximate surface area is 491 Å². The van der Waals surface area contributed by atoms with Crippen LogP contribution in [0, 0.1) is 0 Å². The van der Waals surface area contributed by atoms with Crippen molar-refractivity contribution in [3.05, 3.63) is 236 Å². The first kappa shape index (κ1) is 57.5. The van der Waals surface area contributed by atoms with E-state index in [9.17, 15) is 33.2 Å². The number of fused-ring (bicyclic) bond motifs is 4. The van der Waals surface area contributed by atoms with Gasteiger partial charge in [0, 0.05) is 90.5 Å². The van der Waals surface area contributed by atoms with Gasteiger partial charge in [0.2, 0.25) is 0 Å². The van der Waals surface area contributed by atoms with Gasteiger partial charge in [0.15, 0.2) is 0 Å². The van der Waals surface area contributed by atoms with Crippen molar-refractivity contribution in [1.82, 2.24) is 20.4 Å². The highest BCUT2D eigenvalue weighted by Crippen LogP contribution is 2.33. The Hall–Kier alpha value is -10.8. The first-order valence-electron chi connectivity index (χ1n) is 27.9. The summed E-state index contributed by atoms with van der Waals surface area (Å²) in [6.07, 6.45) is 3.69. The van der Waals surface area contributed by atoms with Crippen LogP contribution in [0.25, 0.3) is 44.1 Å². The molecule has 0 saturated heterocycles.